The van der Waals surface area contributed by atoms with E-state index in [0.717, 1.165) is 15.6 Å². The Kier molecular flexibility index (Phi) is 4.60. The Hall–Kier alpha value is -1.20. The molecule has 0 bridgehead atoms. The van der Waals surface area contributed by atoms with Gasteiger partial charge in [-0.3, -0.25) is 0 Å². The van der Waals surface area contributed by atoms with Crippen LogP contribution in [0.15, 0.2) is 27.2 Å². The molecule has 108 valence electrons. The van der Waals surface area contributed by atoms with Crippen LogP contribution in [0.3, 0.4) is 0 Å². The van der Waals surface area contributed by atoms with Gasteiger partial charge in [-0.1, -0.05) is 34.9 Å². The van der Waals surface area contributed by atoms with Gasteiger partial charge in [-0.25, -0.2) is 0 Å². The van der Waals surface area contributed by atoms with Crippen molar-refractivity contribution in [3.63, 3.8) is 0 Å². The fraction of sp³-hybridized carbons (Fsp3) is 0.467. The van der Waals surface area contributed by atoms with Crippen LogP contribution >= 0.6 is 15.9 Å². The number of rotatable bonds is 4. The molecule has 1 aromatic heterocycles. The molecular weight excluding hydrogens is 318 g/mol. The number of nitrogens with zero attached hydrogens (tertiary/aromatic N) is 2. The lowest BCUT2D eigenvalue weighted by Crippen LogP contribution is -2.28. The van der Waals surface area contributed by atoms with Gasteiger partial charge in [-0.2, -0.15) is 4.98 Å². The Labute approximate surface area is 127 Å². The predicted octanol–water partition coefficient (Wildman–Crippen LogP) is 3.89. The summed E-state index contributed by atoms with van der Waals surface area (Å²) in [4.78, 5) is 4.54. The lowest BCUT2D eigenvalue weighted by molar-refractivity contribution is 0.300. The highest BCUT2D eigenvalue weighted by Gasteiger charge is 2.26. The van der Waals surface area contributed by atoms with Crippen LogP contribution in [-0.2, 0) is 0 Å². The van der Waals surface area contributed by atoms with Gasteiger partial charge < -0.3 is 10.3 Å². The average Bonchev–Trinajstić information content (AvgIpc) is 2.76. The van der Waals surface area contributed by atoms with E-state index < -0.39 is 0 Å². The molecule has 0 saturated carbocycles. The highest BCUT2D eigenvalue weighted by atomic mass is 79.9. The zero-order valence-corrected chi connectivity index (χ0v) is 13.8. The molecule has 1 aromatic carbocycles. The summed E-state index contributed by atoms with van der Waals surface area (Å²) in [5.74, 6) is 1.67. The Morgan fingerprint density at radius 1 is 1.25 bits per heavy atom. The van der Waals surface area contributed by atoms with Crippen molar-refractivity contribution in [3.05, 3.63) is 34.1 Å². The van der Waals surface area contributed by atoms with Crippen LogP contribution in [0.5, 0.6) is 0 Å². The normalized spacial score (nSPS) is 14.6. The van der Waals surface area contributed by atoms with E-state index in [4.69, 9.17) is 10.3 Å². The van der Waals surface area contributed by atoms with Gasteiger partial charge >= 0.3 is 0 Å². The predicted molar refractivity (Wildman–Crippen MR) is 83.4 cm³/mol. The molecular formula is C15H20BrN3O. The standard InChI is InChI=1S/C15H20BrN3O/c1-8(2)13(10(4)17)15-18-14(19-20-15)12-6-5-11(16)7-9(12)3/h5-8,10,13H,17H2,1-4H3. The summed E-state index contributed by atoms with van der Waals surface area (Å²) in [5.41, 5.74) is 8.12. The van der Waals surface area contributed by atoms with Gasteiger partial charge in [0.15, 0.2) is 0 Å². The van der Waals surface area contributed by atoms with Crippen molar-refractivity contribution >= 4 is 15.9 Å². The van der Waals surface area contributed by atoms with Crippen LogP contribution in [0.4, 0.5) is 0 Å². The number of halogens is 1. The maximum Gasteiger partial charge on any atom is 0.231 e. The van der Waals surface area contributed by atoms with Gasteiger partial charge in [0, 0.05) is 16.1 Å². The maximum absolute atomic E-state index is 6.03. The SMILES string of the molecule is Cc1cc(Br)ccc1-c1noc(C(C(C)C)C(C)N)n1. The summed E-state index contributed by atoms with van der Waals surface area (Å²) < 4.78 is 6.48. The first kappa shape index (κ1) is 15.2. The van der Waals surface area contributed by atoms with Gasteiger partial charge in [-0.15, -0.1) is 0 Å². The molecule has 0 aliphatic carbocycles. The molecule has 0 aliphatic rings. The molecule has 4 nitrogen and oxygen atoms in total. The van der Waals surface area contributed by atoms with Crippen LogP contribution < -0.4 is 5.73 Å². The van der Waals surface area contributed by atoms with Crippen molar-refractivity contribution in [2.75, 3.05) is 0 Å². The summed E-state index contributed by atoms with van der Waals surface area (Å²) in [7, 11) is 0. The molecule has 2 aromatic rings. The van der Waals surface area contributed by atoms with Gasteiger partial charge in [0.2, 0.25) is 11.7 Å². The van der Waals surface area contributed by atoms with Gasteiger partial charge in [0.1, 0.15) is 0 Å². The van der Waals surface area contributed by atoms with E-state index in [2.05, 4.69) is 39.9 Å². The summed E-state index contributed by atoms with van der Waals surface area (Å²) in [6, 6.07) is 5.99. The molecule has 0 radical (unpaired) electrons. The summed E-state index contributed by atoms with van der Waals surface area (Å²) in [6.07, 6.45) is 0. The number of aromatic nitrogens is 2. The molecule has 20 heavy (non-hydrogen) atoms. The average molecular weight is 338 g/mol. The summed E-state index contributed by atoms with van der Waals surface area (Å²) in [5, 5.41) is 4.11. The second kappa shape index (κ2) is 6.06. The summed E-state index contributed by atoms with van der Waals surface area (Å²) in [6.45, 7) is 8.23. The van der Waals surface area contributed by atoms with E-state index in [1.54, 1.807) is 0 Å². The molecule has 0 spiro atoms. The first-order valence-corrected chi connectivity index (χ1v) is 7.55. The Morgan fingerprint density at radius 3 is 2.50 bits per heavy atom. The van der Waals surface area contributed by atoms with E-state index in [9.17, 15) is 0 Å². The van der Waals surface area contributed by atoms with Crippen LogP contribution in [-0.4, -0.2) is 16.2 Å². The number of benzene rings is 1. The third-order valence-electron chi connectivity index (χ3n) is 3.44. The van der Waals surface area contributed by atoms with Crippen LogP contribution in [0.1, 0.15) is 38.1 Å². The lowest BCUT2D eigenvalue weighted by Gasteiger charge is -2.20. The number of nitrogens with two attached hydrogens (primary N) is 1. The largest absolute Gasteiger partial charge is 0.339 e. The number of hydrogen-bond acceptors (Lipinski definition) is 4. The van der Waals surface area contributed by atoms with Crippen LogP contribution in [0.2, 0.25) is 0 Å². The third kappa shape index (κ3) is 3.10. The Bertz CT molecular complexity index is 585. The highest BCUT2D eigenvalue weighted by molar-refractivity contribution is 9.10. The maximum atomic E-state index is 6.03. The number of hydrogen-bond donors (Lipinski definition) is 1. The molecule has 0 saturated heterocycles. The van der Waals surface area contributed by atoms with E-state index in [0.29, 0.717) is 17.6 Å². The quantitative estimate of drug-likeness (QED) is 0.918. The Morgan fingerprint density at radius 2 is 1.95 bits per heavy atom. The fourth-order valence-corrected chi connectivity index (χ4v) is 2.95. The van der Waals surface area contributed by atoms with Gasteiger partial charge in [-0.05, 0) is 43.5 Å². The van der Waals surface area contributed by atoms with Gasteiger partial charge in [0.25, 0.3) is 0 Å². The zero-order chi connectivity index (χ0) is 14.9. The lowest BCUT2D eigenvalue weighted by atomic mass is 9.90. The van der Waals surface area contributed by atoms with Crippen molar-refractivity contribution in [2.45, 2.75) is 39.7 Å². The summed E-state index contributed by atoms with van der Waals surface area (Å²) >= 11 is 3.45. The van der Waals surface area contributed by atoms with E-state index >= 15 is 0 Å². The highest BCUT2D eigenvalue weighted by Crippen LogP contribution is 2.29. The molecule has 2 N–H and O–H groups in total. The second-order valence-corrected chi connectivity index (χ2v) is 6.46. The third-order valence-corrected chi connectivity index (χ3v) is 3.93. The molecule has 0 amide bonds. The number of aryl methyl sites for hydroxylation is 1. The van der Waals surface area contributed by atoms with Crippen molar-refractivity contribution in [2.24, 2.45) is 11.7 Å². The van der Waals surface area contributed by atoms with Crippen molar-refractivity contribution < 1.29 is 4.52 Å². The van der Waals surface area contributed by atoms with Crippen molar-refractivity contribution in [3.8, 4) is 11.4 Å². The van der Waals surface area contributed by atoms with Crippen LogP contribution in [0.25, 0.3) is 11.4 Å². The molecule has 2 atom stereocenters. The minimum absolute atomic E-state index is 0.0192. The fourth-order valence-electron chi connectivity index (χ4n) is 2.48. The van der Waals surface area contributed by atoms with Crippen molar-refractivity contribution in [1.29, 1.82) is 0 Å². The van der Waals surface area contributed by atoms with Crippen molar-refractivity contribution in [1.82, 2.24) is 10.1 Å². The molecule has 5 heteroatoms. The molecule has 1 heterocycles. The first-order valence-electron chi connectivity index (χ1n) is 6.76. The molecule has 2 unspecified atom stereocenters. The second-order valence-electron chi connectivity index (χ2n) is 5.54. The molecule has 0 fully saturated rings. The minimum atomic E-state index is -0.0192. The Balaban J connectivity index is 2.37. The van der Waals surface area contributed by atoms with Crippen LogP contribution in [0, 0.1) is 12.8 Å². The first-order chi connectivity index (χ1) is 9.40. The van der Waals surface area contributed by atoms with E-state index in [-0.39, 0.29) is 12.0 Å². The van der Waals surface area contributed by atoms with Gasteiger partial charge in [0.05, 0.1) is 5.92 Å². The topological polar surface area (TPSA) is 64.9 Å². The molecule has 0 aliphatic heterocycles. The minimum Gasteiger partial charge on any atom is -0.339 e. The van der Waals surface area contributed by atoms with E-state index in [1.165, 1.54) is 0 Å². The van der Waals surface area contributed by atoms with E-state index in [1.807, 2.05) is 32.0 Å². The zero-order valence-electron chi connectivity index (χ0n) is 12.2. The molecule has 2 rings (SSSR count). The smallest absolute Gasteiger partial charge is 0.231 e. The monoisotopic (exact) mass is 337 g/mol.